The van der Waals surface area contributed by atoms with E-state index >= 15 is 0 Å². The largest absolute Gasteiger partial charge is 0.330 e. The van der Waals surface area contributed by atoms with Gasteiger partial charge in [-0.25, -0.2) is 0 Å². The zero-order valence-electron chi connectivity index (χ0n) is 16.2. The Morgan fingerprint density at radius 2 is 1.79 bits per heavy atom. The van der Waals surface area contributed by atoms with Crippen molar-refractivity contribution >= 4 is 11.7 Å². The molecule has 0 bridgehead atoms. The molecule has 0 saturated heterocycles. The van der Waals surface area contributed by atoms with E-state index in [0.717, 1.165) is 36.5 Å². The summed E-state index contributed by atoms with van der Waals surface area (Å²) in [6, 6.07) is 0. The molecule has 1 aliphatic rings. The average Bonchev–Trinajstić information content (AvgIpc) is 2.48. The summed E-state index contributed by atoms with van der Waals surface area (Å²) < 4.78 is 0. The van der Waals surface area contributed by atoms with Gasteiger partial charge in [-0.3, -0.25) is 9.59 Å². The van der Waals surface area contributed by atoms with Crippen LogP contribution in [-0.2, 0) is 9.59 Å². The molecule has 0 aromatic carbocycles. The van der Waals surface area contributed by atoms with E-state index in [1.54, 1.807) is 0 Å². The number of carbonyl (C=O) groups excluding carboxylic acids is 2. The smallest absolute Gasteiger partial charge is 0.224 e. The highest BCUT2D eigenvalue weighted by Gasteiger charge is 2.19. The molecule has 1 N–H and O–H groups in total. The number of ketones is 1. The van der Waals surface area contributed by atoms with Crippen molar-refractivity contribution in [3.8, 4) is 0 Å². The van der Waals surface area contributed by atoms with Crippen molar-refractivity contribution in [3.05, 3.63) is 23.4 Å². The molecular weight excluding hydrogens is 298 g/mol. The molecular formula is C21H35NO2. The second kappa shape index (κ2) is 10.5. The van der Waals surface area contributed by atoms with Crippen LogP contribution in [0.3, 0.4) is 0 Å². The maximum absolute atomic E-state index is 12.2. The first-order valence-electron chi connectivity index (χ1n) is 9.56. The van der Waals surface area contributed by atoms with Crippen LogP contribution in [0, 0.1) is 17.8 Å². The van der Waals surface area contributed by atoms with E-state index < -0.39 is 0 Å². The number of nitrogens with one attached hydrogen (secondary N) is 1. The third-order valence-corrected chi connectivity index (χ3v) is 4.38. The second-order valence-corrected chi connectivity index (χ2v) is 7.89. The zero-order valence-corrected chi connectivity index (χ0v) is 16.2. The monoisotopic (exact) mass is 333 g/mol. The Morgan fingerprint density at radius 3 is 2.42 bits per heavy atom. The first kappa shape index (κ1) is 20.7. The molecule has 0 fully saturated rings. The molecule has 0 aromatic rings. The minimum atomic E-state index is -0.0133. The molecule has 0 saturated carbocycles. The molecule has 1 aliphatic carbocycles. The molecule has 1 atom stereocenters. The Balaban J connectivity index is 2.38. The summed E-state index contributed by atoms with van der Waals surface area (Å²) in [4.78, 5) is 24.3. The second-order valence-electron chi connectivity index (χ2n) is 7.89. The van der Waals surface area contributed by atoms with E-state index in [4.69, 9.17) is 0 Å². The Kier molecular flexibility index (Phi) is 9.02. The van der Waals surface area contributed by atoms with Crippen LogP contribution in [0.15, 0.2) is 23.4 Å². The lowest BCUT2D eigenvalue weighted by Crippen LogP contribution is -2.26. The average molecular weight is 334 g/mol. The van der Waals surface area contributed by atoms with Gasteiger partial charge in [0.05, 0.1) is 0 Å². The van der Waals surface area contributed by atoms with Gasteiger partial charge in [0.1, 0.15) is 0 Å². The first-order valence-corrected chi connectivity index (χ1v) is 9.56. The highest BCUT2D eigenvalue weighted by atomic mass is 16.1. The number of Topliss-reactive ketones (excluding diaryl/α,β-unsaturated/α-hetero) is 1. The number of amides is 1. The van der Waals surface area contributed by atoms with Crippen LogP contribution in [0.25, 0.3) is 0 Å². The minimum absolute atomic E-state index is 0.0133. The summed E-state index contributed by atoms with van der Waals surface area (Å²) in [6.07, 6.45) is 11.1. The SMILES string of the molecule is CC(C)CCCCCCC(=O)NC1=CC(C(=O)C(C)C)=CC(C)C1. The molecule has 0 heterocycles. The highest BCUT2D eigenvalue weighted by Crippen LogP contribution is 2.23. The fourth-order valence-corrected chi connectivity index (χ4v) is 3.01. The van der Waals surface area contributed by atoms with Gasteiger partial charge in [-0.15, -0.1) is 0 Å². The topological polar surface area (TPSA) is 46.2 Å². The first-order chi connectivity index (χ1) is 11.3. The van der Waals surface area contributed by atoms with E-state index in [9.17, 15) is 9.59 Å². The summed E-state index contributed by atoms with van der Waals surface area (Å²) in [6.45, 7) is 10.4. The van der Waals surface area contributed by atoms with Crippen LogP contribution >= 0.6 is 0 Å². The van der Waals surface area contributed by atoms with Gasteiger partial charge in [-0.1, -0.05) is 66.4 Å². The lowest BCUT2D eigenvalue weighted by molar-refractivity contribution is -0.121. The van der Waals surface area contributed by atoms with Crippen LogP contribution in [0.1, 0.15) is 79.6 Å². The van der Waals surface area contributed by atoms with Crippen molar-refractivity contribution in [1.29, 1.82) is 0 Å². The van der Waals surface area contributed by atoms with E-state index in [1.165, 1.54) is 19.3 Å². The predicted octanol–water partition coefficient (Wildman–Crippen LogP) is 5.17. The molecule has 3 heteroatoms. The van der Waals surface area contributed by atoms with Crippen LogP contribution in [0.2, 0.25) is 0 Å². The van der Waals surface area contributed by atoms with E-state index in [0.29, 0.717) is 12.3 Å². The van der Waals surface area contributed by atoms with E-state index in [-0.39, 0.29) is 17.6 Å². The lowest BCUT2D eigenvalue weighted by atomic mass is 9.90. The summed E-state index contributed by atoms with van der Waals surface area (Å²) in [5, 5.41) is 3.01. The third kappa shape index (κ3) is 7.94. The van der Waals surface area contributed by atoms with Gasteiger partial charge in [0.15, 0.2) is 5.78 Å². The number of carbonyl (C=O) groups is 2. The van der Waals surface area contributed by atoms with Crippen LogP contribution in [0.5, 0.6) is 0 Å². The van der Waals surface area contributed by atoms with Gasteiger partial charge in [0, 0.05) is 23.6 Å². The quantitative estimate of drug-likeness (QED) is 0.560. The number of hydrogen-bond donors (Lipinski definition) is 1. The predicted molar refractivity (Wildman–Crippen MR) is 100 cm³/mol. The molecule has 1 unspecified atom stereocenters. The maximum Gasteiger partial charge on any atom is 0.224 e. The van der Waals surface area contributed by atoms with Crippen LogP contribution in [0.4, 0.5) is 0 Å². The van der Waals surface area contributed by atoms with Gasteiger partial charge in [-0.05, 0) is 30.8 Å². The number of allylic oxidation sites excluding steroid dienone is 4. The van der Waals surface area contributed by atoms with Crippen LogP contribution in [-0.4, -0.2) is 11.7 Å². The molecule has 1 amide bonds. The molecule has 24 heavy (non-hydrogen) atoms. The molecule has 0 spiro atoms. The Bertz CT molecular complexity index is 486. The van der Waals surface area contributed by atoms with Crippen molar-refractivity contribution in [3.63, 3.8) is 0 Å². The Morgan fingerprint density at radius 1 is 1.12 bits per heavy atom. The van der Waals surface area contributed by atoms with Crippen molar-refractivity contribution in [2.75, 3.05) is 0 Å². The standard InChI is InChI=1S/C21H35NO2/c1-15(2)10-8-6-7-9-11-20(23)22-19-13-17(5)12-18(14-19)21(24)16(3)4/h12,14-17H,6-11,13H2,1-5H3,(H,22,23). The van der Waals surface area contributed by atoms with Crippen LogP contribution < -0.4 is 5.32 Å². The summed E-state index contributed by atoms with van der Waals surface area (Å²) >= 11 is 0. The van der Waals surface area contributed by atoms with Gasteiger partial charge in [0.2, 0.25) is 5.91 Å². The number of hydrogen-bond acceptors (Lipinski definition) is 2. The molecule has 3 nitrogen and oxygen atoms in total. The van der Waals surface area contributed by atoms with Gasteiger partial charge in [0.25, 0.3) is 0 Å². The third-order valence-electron chi connectivity index (χ3n) is 4.38. The van der Waals surface area contributed by atoms with Crippen molar-refractivity contribution < 1.29 is 9.59 Å². The zero-order chi connectivity index (χ0) is 18.1. The lowest BCUT2D eigenvalue weighted by Gasteiger charge is -2.20. The summed E-state index contributed by atoms with van der Waals surface area (Å²) in [5.41, 5.74) is 1.63. The molecule has 0 aliphatic heterocycles. The van der Waals surface area contributed by atoms with Crippen molar-refractivity contribution in [1.82, 2.24) is 5.32 Å². The maximum atomic E-state index is 12.2. The van der Waals surface area contributed by atoms with E-state index in [2.05, 4.69) is 26.1 Å². The summed E-state index contributed by atoms with van der Waals surface area (Å²) in [7, 11) is 0. The normalized spacial score (nSPS) is 17.7. The Labute approximate surface area is 148 Å². The summed E-state index contributed by atoms with van der Waals surface area (Å²) in [5.74, 6) is 1.28. The van der Waals surface area contributed by atoms with Gasteiger partial charge >= 0.3 is 0 Å². The highest BCUT2D eigenvalue weighted by molar-refractivity contribution is 5.99. The number of rotatable bonds is 10. The molecule has 1 rings (SSSR count). The van der Waals surface area contributed by atoms with Crippen molar-refractivity contribution in [2.45, 2.75) is 79.6 Å². The van der Waals surface area contributed by atoms with Gasteiger partial charge < -0.3 is 5.32 Å². The molecule has 0 aromatic heterocycles. The molecule has 0 radical (unpaired) electrons. The number of unbranched alkanes of at least 4 members (excludes halogenated alkanes) is 3. The minimum Gasteiger partial charge on any atom is -0.330 e. The van der Waals surface area contributed by atoms with Gasteiger partial charge in [-0.2, -0.15) is 0 Å². The van der Waals surface area contributed by atoms with E-state index in [1.807, 2.05) is 26.0 Å². The van der Waals surface area contributed by atoms with Crippen molar-refractivity contribution in [2.24, 2.45) is 17.8 Å². The fraction of sp³-hybridized carbons (Fsp3) is 0.714. The fourth-order valence-electron chi connectivity index (χ4n) is 3.01. The molecule has 136 valence electrons. The Hall–Kier alpha value is -1.38.